The summed E-state index contributed by atoms with van der Waals surface area (Å²) in [5, 5.41) is 5.76. The zero-order chi connectivity index (χ0) is 26.1. The Labute approximate surface area is 217 Å². The summed E-state index contributed by atoms with van der Waals surface area (Å²) >= 11 is 7.28. The van der Waals surface area contributed by atoms with Gasteiger partial charge in [0.15, 0.2) is 5.78 Å². The van der Waals surface area contributed by atoms with E-state index in [2.05, 4.69) is 10.6 Å². The number of thiophene rings is 1. The zero-order valence-electron chi connectivity index (χ0n) is 19.7. The van der Waals surface area contributed by atoms with Gasteiger partial charge in [-0.25, -0.2) is 4.79 Å². The molecule has 0 bridgehead atoms. The first-order valence-electron chi connectivity index (χ1n) is 11.1. The molecule has 0 aliphatic heterocycles. The van der Waals surface area contributed by atoms with Gasteiger partial charge in [-0.15, -0.1) is 11.3 Å². The largest absolute Gasteiger partial charge is 0.469 e. The molecule has 1 atom stereocenters. The Morgan fingerprint density at radius 1 is 1.00 bits per heavy atom. The van der Waals surface area contributed by atoms with Gasteiger partial charge in [-0.3, -0.25) is 14.4 Å². The lowest BCUT2D eigenvalue weighted by Gasteiger charge is -2.17. The standard InChI is InChI=1S/C26H25ClN2O6S/c1-3-21(28-26(33)35-15-16-9-5-4-6-10-16)24(32)29-25-19(13-17(36-25)14-22(30)34-2)23(31)18-11-7-8-12-20(18)27/h4-13,21H,3,14-15H2,1-2H3,(H,28,33)(H,29,32). The van der Waals surface area contributed by atoms with E-state index in [1.54, 1.807) is 31.2 Å². The van der Waals surface area contributed by atoms with Gasteiger partial charge in [0.25, 0.3) is 0 Å². The van der Waals surface area contributed by atoms with Crippen LogP contribution in [0, 0.1) is 0 Å². The summed E-state index contributed by atoms with van der Waals surface area (Å²) in [4.78, 5) is 50.8. The van der Waals surface area contributed by atoms with Crippen LogP contribution in [0.4, 0.5) is 9.80 Å². The van der Waals surface area contributed by atoms with Gasteiger partial charge in [0.05, 0.1) is 24.1 Å². The number of carbonyl (C=O) groups is 4. The van der Waals surface area contributed by atoms with E-state index in [4.69, 9.17) is 21.1 Å². The van der Waals surface area contributed by atoms with E-state index >= 15 is 0 Å². The van der Waals surface area contributed by atoms with Crippen LogP contribution in [0.25, 0.3) is 0 Å². The molecule has 0 fully saturated rings. The average molecular weight is 529 g/mol. The van der Waals surface area contributed by atoms with Gasteiger partial charge in [-0.1, -0.05) is 61.0 Å². The van der Waals surface area contributed by atoms with Crippen molar-refractivity contribution in [3.63, 3.8) is 0 Å². The van der Waals surface area contributed by atoms with Gasteiger partial charge in [0, 0.05) is 10.4 Å². The fourth-order valence-electron chi connectivity index (χ4n) is 3.25. The third-order valence-corrected chi connectivity index (χ3v) is 6.54. The first-order valence-corrected chi connectivity index (χ1v) is 12.3. The lowest BCUT2D eigenvalue weighted by Crippen LogP contribution is -2.43. The number of rotatable bonds is 10. The van der Waals surface area contributed by atoms with Crippen LogP contribution in [0.1, 0.15) is 39.7 Å². The van der Waals surface area contributed by atoms with Gasteiger partial charge in [-0.2, -0.15) is 0 Å². The molecule has 0 saturated heterocycles. The minimum absolute atomic E-state index is 0.0586. The topological polar surface area (TPSA) is 111 Å². The number of hydrogen-bond acceptors (Lipinski definition) is 7. The maximum Gasteiger partial charge on any atom is 0.408 e. The second-order valence-corrected chi connectivity index (χ2v) is 9.22. The van der Waals surface area contributed by atoms with Gasteiger partial charge < -0.3 is 20.1 Å². The Bertz CT molecular complexity index is 1240. The fraction of sp³-hybridized carbons (Fsp3) is 0.231. The van der Waals surface area contributed by atoms with Crippen molar-refractivity contribution >= 4 is 51.7 Å². The number of benzene rings is 2. The summed E-state index contributed by atoms with van der Waals surface area (Å²) in [6.45, 7) is 1.79. The Balaban J connectivity index is 1.76. The summed E-state index contributed by atoms with van der Waals surface area (Å²) in [7, 11) is 1.27. The number of methoxy groups -OCH3 is 1. The number of anilines is 1. The highest BCUT2D eigenvalue weighted by Gasteiger charge is 2.25. The Morgan fingerprint density at radius 3 is 2.36 bits per heavy atom. The van der Waals surface area contributed by atoms with Gasteiger partial charge in [-0.05, 0) is 30.2 Å². The van der Waals surface area contributed by atoms with Crippen LogP contribution >= 0.6 is 22.9 Å². The second kappa shape index (κ2) is 12.9. The van der Waals surface area contributed by atoms with Crippen LogP contribution in [0.2, 0.25) is 5.02 Å². The predicted molar refractivity (Wildman–Crippen MR) is 137 cm³/mol. The first kappa shape index (κ1) is 26.9. The molecule has 0 aliphatic carbocycles. The molecular weight excluding hydrogens is 504 g/mol. The highest BCUT2D eigenvalue weighted by molar-refractivity contribution is 7.16. The molecule has 2 aromatic carbocycles. The van der Waals surface area contributed by atoms with Crippen molar-refractivity contribution < 1.29 is 28.7 Å². The van der Waals surface area contributed by atoms with Crippen molar-refractivity contribution in [1.82, 2.24) is 5.32 Å². The quantitative estimate of drug-likeness (QED) is 0.283. The number of amides is 2. The number of alkyl carbamates (subject to hydrolysis) is 1. The van der Waals surface area contributed by atoms with E-state index in [9.17, 15) is 19.2 Å². The molecule has 0 saturated carbocycles. The normalized spacial score (nSPS) is 11.3. The van der Waals surface area contributed by atoms with Crippen LogP contribution in [0.5, 0.6) is 0 Å². The SMILES string of the molecule is CCC(NC(=O)OCc1ccccc1)C(=O)Nc1sc(CC(=O)OC)cc1C(=O)c1ccccc1Cl. The highest BCUT2D eigenvalue weighted by atomic mass is 35.5. The van der Waals surface area contributed by atoms with E-state index in [1.165, 1.54) is 13.2 Å². The number of halogens is 1. The van der Waals surface area contributed by atoms with E-state index < -0.39 is 29.8 Å². The van der Waals surface area contributed by atoms with Gasteiger partial charge in [0.1, 0.15) is 17.6 Å². The Kier molecular flexibility index (Phi) is 9.61. The molecule has 1 unspecified atom stereocenters. The molecule has 3 rings (SSSR count). The molecule has 10 heteroatoms. The summed E-state index contributed by atoms with van der Waals surface area (Å²) in [6, 6.07) is 16.3. The fourth-order valence-corrected chi connectivity index (χ4v) is 4.52. The summed E-state index contributed by atoms with van der Waals surface area (Å²) in [6.07, 6.45) is -0.535. The number of esters is 1. The molecule has 2 amide bonds. The van der Waals surface area contributed by atoms with Crippen LogP contribution in [-0.2, 0) is 32.1 Å². The number of nitrogens with one attached hydrogen (secondary N) is 2. The van der Waals surface area contributed by atoms with Gasteiger partial charge in [0.2, 0.25) is 5.91 Å². The Hall–Kier alpha value is -3.69. The number of ketones is 1. The van der Waals surface area contributed by atoms with Crippen molar-refractivity contribution in [3.05, 3.63) is 87.3 Å². The van der Waals surface area contributed by atoms with Gasteiger partial charge >= 0.3 is 12.1 Å². The number of carbonyl (C=O) groups excluding carboxylic acids is 4. The predicted octanol–water partition coefficient (Wildman–Crippen LogP) is 4.99. The monoisotopic (exact) mass is 528 g/mol. The molecule has 2 N–H and O–H groups in total. The molecule has 1 aromatic heterocycles. The third-order valence-electron chi connectivity index (χ3n) is 5.16. The maximum absolute atomic E-state index is 13.2. The van der Waals surface area contributed by atoms with Crippen molar-refractivity contribution in [2.75, 3.05) is 12.4 Å². The van der Waals surface area contributed by atoms with Crippen LogP contribution < -0.4 is 10.6 Å². The molecule has 0 spiro atoms. The summed E-state index contributed by atoms with van der Waals surface area (Å²) < 4.78 is 9.92. The molecule has 36 heavy (non-hydrogen) atoms. The lowest BCUT2D eigenvalue weighted by molar-refractivity contribution is -0.139. The molecule has 8 nitrogen and oxygen atoms in total. The smallest absolute Gasteiger partial charge is 0.408 e. The molecule has 188 valence electrons. The molecule has 0 radical (unpaired) electrons. The number of hydrogen-bond donors (Lipinski definition) is 2. The maximum atomic E-state index is 13.2. The van der Waals surface area contributed by atoms with Crippen molar-refractivity contribution in [3.8, 4) is 0 Å². The third kappa shape index (κ3) is 7.16. The minimum atomic E-state index is -0.914. The van der Waals surface area contributed by atoms with Crippen LogP contribution in [-0.4, -0.2) is 36.9 Å². The summed E-state index contributed by atoms with van der Waals surface area (Å²) in [5.41, 5.74) is 1.25. The zero-order valence-corrected chi connectivity index (χ0v) is 21.3. The van der Waals surface area contributed by atoms with Crippen molar-refractivity contribution in [2.24, 2.45) is 0 Å². The van der Waals surface area contributed by atoms with E-state index in [0.717, 1.165) is 16.9 Å². The lowest BCUT2D eigenvalue weighted by atomic mass is 10.0. The van der Waals surface area contributed by atoms with Crippen LogP contribution in [0.15, 0.2) is 60.7 Å². The Morgan fingerprint density at radius 2 is 1.69 bits per heavy atom. The summed E-state index contributed by atoms with van der Waals surface area (Å²) in [5.74, 6) is -1.43. The molecule has 0 aliphatic rings. The number of ether oxygens (including phenoxy) is 2. The van der Waals surface area contributed by atoms with E-state index in [1.807, 2.05) is 30.3 Å². The first-order chi connectivity index (χ1) is 17.3. The molecule has 3 aromatic rings. The van der Waals surface area contributed by atoms with E-state index in [-0.39, 0.29) is 40.6 Å². The second-order valence-electron chi connectivity index (χ2n) is 7.67. The average Bonchev–Trinajstić information content (AvgIpc) is 3.27. The van der Waals surface area contributed by atoms with Crippen molar-refractivity contribution in [2.45, 2.75) is 32.4 Å². The van der Waals surface area contributed by atoms with E-state index in [0.29, 0.717) is 4.88 Å². The molecule has 1 heterocycles. The minimum Gasteiger partial charge on any atom is -0.469 e. The van der Waals surface area contributed by atoms with Crippen molar-refractivity contribution in [1.29, 1.82) is 0 Å². The van der Waals surface area contributed by atoms with Crippen LogP contribution in [0.3, 0.4) is 0 Å². The highest BCUT2D eigenvalue weighted by Crippen LogP contribution is 2.32. The molecular formula is C26H25ClN2O6S.